The number of hydrogen-bond acceptors (Lipinski definition) is 4. The first kappa shape index (κ1) is 18.2. The number of benzene rings is 1. The topological polar surface area (TPSA) is 54.9 Å². The molecule has 1 saturated carbocycles. The molecule has 1 fully saturated rings. The fraction of sp³-hybridized carbons (Fsp3) is 0.211. The molecular weight excluding hydrogens is 436 g/mol. The van der Waals surface area contributed by atoms with E-state index in [2.05, 4.69) is 31.2 Å². The van der Waals surface area contributed by atoms with Gasteiger partial charge in [-0.25, -0.2) is 13.8 Å². The van der Waals surface area contributed by atoms with Crippen LogP contribution >= 0.6 is 27.3 Å². The molecule has 8 heteroatoms. The van der Waals surface area contributed by atoms with E-state index in [0.717, 1.165) is 35.0 Å². The van der Waals surface area contributed by atoms with E-state index in [1.807, 2.05) is 6.07 Å². The Labute approximate surface area is 166 Å². The van der Waals surface area contributed by atoms with Crippen LogP contribution < -0.4 is 5.32 Å². The van der Waals surface area contributed by atoms with E-state index in [-0.39, 0.29) is 17.6 Å². The van der Waals surface area contributed by atoms with Gasteiger partial charge in [0.2, 0.25) is 0 Å². The highest BCUT2D eigenvalue weighted by molar-refractivity contribution is 9.10. The zero-order valence-corrected chi connectivity index (χ0v) is 16.4. The highest BCUT2D eigenvalue weighted by atomic mass is 79.9. The number of halogens is 3. The molecule has 0 radical (unpaired) electrons. The lowest BCUT2D eigenvalue weighted by Crippen LogP contribution is -2.30. The fourth-order valence-corrected chi connectivity index (χ4v) is 4.04. The van der Waals surface area contributed by atoms with Gasteiger partial charge in [-0.05, 0) is 64.5 Å². The third kappa shape index (κ3) is 4.06. The molecule has 138 valence electrons. The van der Waals surface area contributed by atoms with Crippen LogP contribution in [0.5, 0.6) is 0 Å². The SMILES string of the molecule is O=C(NC(c1cncc(Br)c1)C1CC1)c1csc(-c2ccc(F)c(F)c2)n1. The number of nitrogens with one attached hydrogen (secondary N) is 1. The first-order valence-corrected chi connectivity index (χ1v) is 10.0. The average Bonchev–Trinajstić information content (AvgIpc) is 3.37. The second-order valence-corrected chi connectivity index (χ2v) is 8.17. The van der Waals surface area contributed by atoms with Gasteiger partial charge in [-0.3, -0.25) is 9.78 Å². The molecule has 1 aliphatic rings. The van der Waals surface area contributed by atoms with Crippen molar-refractivity contribution in [2.75, 3.05) is 0 Å². The minimum Gasteiger partial charge on any atom is -0.344 e. The summed E-state index contributed by atoms with van der Waals surface area (Å²) >= 11 is 4.62. The second kappa shape index (κ2) is 7.44. The summed E-state index contributed by atoms with van der Waals surface area (Å²) in [6.45, 7) is 0. The maximum atomic E-state index is 13.4. The van der Waals surface area contributed by atoms with Crippen molar-refractivity contribution >= 4 is 33.2 Å². The molecule has 0 spiro atoms. The first-order chi connectivity index (χ1) is 13.0. The Bertz CT molecular complexity index is 1010. The maximum absolute atomic E-state index is 13.4. The second-order valence-electron chi connectivity index (χ2n) is 6.39. The minimum atomic E-state index is -0.940. The molecule has 1 N–H and O–H groups in total. The van der Waals surface area contributed by atoms with Gasteiger partial charge >= 0.3 is 0 Å². The van der Waals surface area contributed by atoms with Crippen LogP contribution in [0.25, 0.3) is 10.6 Å². The van der Waals surface area contributed by atoms with Crippen molar-refractivity contribution in [3.8, 4) is 10.6 Å². The quantitative estimate of drug-likeness (QED) is 0.587. The van der Waals surface area contributed by atoms with Crippen molar-refractivity contribution in [2.45, 2.75) is 18.9 Å². The highest BCUT2D eigenvalue weighted by Crippen LogP contribution is 2.41. The number of rotatable bonds is 5. The summed E-state index contributed by atoms with van der Waals surface area (Å²) in [5.74, 6) is -1.76. The van der Waals surface area contributed by atoms with E-state index in [4.69, 9.17) is 0 Å². The standard InChI is InChI=1S/C19H14BrF2N3OS/c20-13-5-12(7-23-8-13)17(10-1-2-10)25-18(26)16-9-27-19(24-16)11-3-4-14(21)15(22)6-11/h3-10,17H,1-2H2,(H,25,26). The van der Waals surface area contributed by atoms with Gasteiger partial charge in [-0.15, -0.1) is 11.3 Å². The first-order valence-electron chi connectivity index (χ1n) is 8.33. The molecule has 1 aliphatic carbocycles. The van der Waals surface area contributed by atoms with Crippen molar-refractivity contribution in [3.05, 3.63) is 69.4 Å². The number of aromatic nitrogens is 2. The van der Waals surface area contributed by atoms with Crippen molar-refractivity contribution in [1.29, 1.82) is 0 Å². The fourth-order valence-electron chi connectivity index (χ4n) is 2.86. The van der Waals surface area contributed by atoms with Gasteiger partial charge in [0.1, 0.15) is 10.7 Å². The predicted molar refractivity (Wildman–Crippen MR) is 102 cm³/mol. The Hall–Kier alpha value is -2.19. The highest BCUT2D eigenvalue weighted by Gasteiger charge is 2.34. The molecule has 4 rings (SSSR count). The zero-order valence-electron chi connectivity index (χ0n) is 14.0. The molecule has 0 saturated heterocycles. The number of pyridine rings is 1. The van der Waals surface area contributed by atoms with E-state index in [9.17, 15) is 13.6 Å². The summed E-state index contributed by atoms with van der Waals surface area (Å²) in [6, 6.07) is 5.39. The van der Waals surface area contributed by atoms with Gasteiger partial charge in [-0.2, -0.15) is 0 Å². The lowest BCUT2D eigenvalue weighted by molar-refractivity contribution is 0.0927. The molecule has 1 aromatic carbocycles. The summed E-state index contributed by atoms with van der Waals surface area (Å²) in [4.78, 5) is 21.1. The number of amides is 1. The maximum Gasteiger partial charge on any atom is 0.271 e. The molecule has 0 bridgehead atoms. The summed E-state index contributed by atoms with van der Waals surface area (Å²) in [6.07, 6.45) is 5.55. The van der Waals surface area contributed by atoms with Gasteiger partial charge in [-0.1, -0.05) is 0 Å². The Balaban J connectivity index is 1.54. The summed E-state index contributed by atoms with van der Waals surface area (Å²) < 4.78 is 27.4. The monoisotopic (exact) mass is 449 g/mol. The molecular formula is C19H14BrF2N3OS. The number of carbonyl (C=O) groups excluding carboxylic acids is 1. The Kier molecular flexibility index (Phi) is 5.01. The van der Waals surface area contributed by atoms with Gasteiger partial charge in [0.15, 0.2) is 11.6 Å². The van der Waals surface area contributed by atoms with E-state index >= 15 is 0 Å². The van der Waals surface area contributed by atoms with Crippen LogP contribution in [0.3, 0.4) is 0 Å². The van der Waals surface area contributed by atoms with Crippen molar-refractivity contribution in [2.24, 2.45) is 5.92 Å². The lowest BCUT2D eigenvalue weighted by atomic mass is 10.0. The molecule has 3 aromatic rings. The Morgan fingerprint density at radius 2 is 2.04 bits per heavy atom. The molecule has 1 atom stereocenters. The molecule has 1 unspecified atom stereocenters. The lowest BCUT2D eigenvalue weighted by Gasteiger charge is -2.18. The van der Waals surface area contributed by atoms with Gasteiger partial charge in [0, 0.05) is 27.8 Å². The van der Waals surface area contributed by atoms with Crippen molar-refractivity contribution in [1.82, 2.24) is 15.3 Å². The average molecular weight is 450 g/mol. The van der Waals surface area contributed by atoms with E-state index in [1.165, 1.54) is 17.4 Å². The Morgan fingerprint density at radius 3 is 2.74 bits per heavy atom. The van der Waals surface area contributed by atoms with Gasteiger partial charge in [0.05, 0.1) is 6.04 Å². The van der Waals surface area contributed by atoms with Crippen molar-refractivity contribution in [3.63, 3.8) is 0 Å². The van der Waals surface area contributed by atoms with Crippen LogP contribution in [0.15, 0.2) is 46.5 Å². The third-order valence-corrected chi connectivity index (χ3v) is 5.69. The van der Waals surface area contributed by atoms with Crippen LogP contribution in [-0.4, -0.2) is 15.9 Å². The van der Waals surface area contributed by atoms with Crippen molar-refractivity contribution < 1.29 is 13.6 Å². The largest absolute Gasteiger partial charge is 0.344 e. The van der Waals surface area contributed by atoms with Crippen LogP contribution in [-0.2, 0) is 0 Å². The van der Waals surface area contributed by atoms with Gasteiger partial charge < -0.3 is 5.32 Å². The third-order valence-electron chi connectivity index (χ3n) is 4.37. The van der Waals surface area contributed by atoms with Crippen LogP contribution in [0.4, 0.5) is 8.78 Å². The molecule has 2 heterocycles. The molecule has 27 heavy (non-hydrogen) atoms. The van der Waals surface area contributed by atoms with Gasteiger partial charge in [0.25, 0.3) is 5.91 Å². The summed E-state index contributed by atoms with van der Waals surface area (Å²) in [5.41, 5.74) is 1.64. The smallest absolute Gasteiger partial charge is 0.271 e. The number of hydrogen-bond donors (Lipinski definition) is 1. The molecule has 0 aliphatic heterocycles. The molecule has 4 nitrogen and oxygen atoms in total. The zero-order chi connectivity index (χ0) is 19.0. The minimum absolute atomic E-state index is 0.129. The van der Waals surface area contributed by atoms with Crippen LogP contribution in [0, 0.1) is 17.6 Å². The number of thiazole rings is 1. The molecule has 2 aromatic heterocycles. The van der Waals surface area contributed by atoms with Crippen LogP contribution in [0.1, 0.15) is 34.9 Å². The Morgan fingerprint density at radius 1 is 1.22 bits per heavy atom. The van der Waals surface area contributed by atoms with E-state index < -0.39 is 11.6 Å². The normalized spacial score (nSPS) is 14.8. The summed E-state index contributed by atoms with van der Waals surface area (Å²) in [5, 5.41) is 5.12. The van der Waals surface area contributed by atoms with Crippen LogP contribution in [0.2, 0.25) is 0 Å². The number of nitrogens with zero attached hydrogens (tertiary/aromatic N) is 2. The predicted octanol–water partition coefficient (Wildman–Crippen LogP) is 5.13. The van der Waals surface area contributed by atoms with E-state index in [1.54, 1.807) is 17.8 Å². The summed E-state index contributed by atoms with van der Waals surface area (Å²) in [7, 11) is 0. The van der Waals surface area contributed by atoms with E-state index in [0.29, 0.717) is 16.5 Å². The number of carbonyl (C=O) groups is 1. The molecule has 1 amide bonds.